The Morgan fingerprint density at radius 3 is 2.87 bits per heavy atom. The lowest BCUT2D eigenvalue weighted by Gasteiger charge is -2.20. The van der Waals surface area contributed by atoms with E-state index in [0.717, 1.165) is 24.6 Å². The zero-order chi connectivity index (χ0) is 20.8. The molecule has 0 radical (unpaired) electrons. The zero-order valence-electron chi connectivity index (χ0n) is 16.3. The van der Waals surface area contributed by atoms with Crippen molar-refractivity contribution in [2.24, 2.45) is 0 Å². The molecule has 0 unspecified atom stereocenters. The van der Waals surface area contributed by atoms with E-state index in [0.29, 0.717) is 24.4 Å². The van der Waals surface area contributed by atoms with E-state index < -0.39 is 5.82 Å². The van der Waals surface area contributed by atoms with Gasteiger partial charge in [0.2, 0.25) is 5.91 Å². The van der Waals surface area contributed by atoms with Gasteiger partial charge in [-0.25, -0.2) is 9.37 Å². The van der Waals surface area contributed by atoms with E-state index in [1.165, 1.54) is 18.3 Å². The Balaban J connectivity index is 1.36. The first-order valence-electron chi connectivity index (χ1n) is 9.68. The van der Waals surface area contributed by atoms with Crippen LogP contribution < -0.4 is 9.64 Å². The van der Waals surface area contributed by atoms with E-state index in [1.807, 2.05) is 10.3 Å². The van der Waals surface area contributed by atoms with Crippen LogP contribution in [0.2, 0.25) is 0 Å². The van der Waals surface area contributed by atoms with E-state index in [4.69, 9.17) is 4.74 Å². The second-order valence-corrected chi connectivity index (χ2v) is 7.67. The summed E-state index contributed by atoms with van der Waals surface area (Å²) in [6.45, 7) is 2.96. The number of thiazole rings is 1. The molecule has 154 valence electrons. The summed E-state index contributed by atoms with van der Waals surface area (Å²) in [5.41, 5.74) is 0.596. The van der Waals surface area contributed by atoms with Gasteiger partial charge in [0.25, 0.3) is 0 Å². The zero-order valence-corrected chi connectivity index (χ0v) is 17.1. The number of hydrogen-bond donors (Lipinski definition) is 0. The fourth-order valence-electron chi connectivity index (χ4n) is 3.21. The van der Waals surface area contributed by atoms with Gasteiger partial charge < -0.3 is 14.5 Å². The van der Waals surface area contributed by atoms with Crippen LogP contribution in [0.15, 0.2) is 60.4 Å². The third-order valence-electron chi connectivity index (χ3n) is 4.73. The number of anilines is 1. The number of halogens is 1. The highest BCUT2D eigenvalue weighted by atomic mass is 32.1. The molecule has 4 rings (SSSR count). The van der Waals surface area contributed by atoms with E-state index in [-0.39, 0.29) is 11.7 Å². The molecule has 3 heterocycles. The lowest BCUT2D eigenvalue weighted by Crippen LogP contribution is -2.34. The minimum Gasteiger partial charge on any atom is -0.453 e. The summed E-state index contributed by atoms with van der Waals surface area (Å²) in [5.74, 6) is -0.00139. The Kier molecular flexibility index (Phi) is 6.34. The molecule has 0 atom stereocenters. The highest BCUT2D eigenvalue weighted by molar-refractivity contribution is 7.13. The molecule has 1 aliphatic rings. The molecule has 1 amide bonds. The number of benzene rings is 1. The Bertz CT molecular complexity index is 1010. The van der Waals surface area contributed by atoms with Crippen LogP contribution in [-0.4, -0.2) is 47.0 Å². The summed E-state index contributed by atoms with van der Waals surface area (Å²) in [6, 6.07) is 8.03. The lowest BCUT2D eigenvalue weighted by atomic mass is 10.2. The van der Waals surface area contributed by atoms with Crippen molar-refractivity contribution < 1.29 is 13.9 Å². The number of rotatable bonds is 5. The monoisotopic (exact) mass is 424 g/mol. The third-order valence-corrected chi connectivity index (χ3v) is 5.57. The van der Waals surface area contributed by atoms with Crippen molar-refractivity contribution in [2.45, 2.75) is 6.42 Å². The number of nitrogens with zero attached hydrogens (tertiary/aromatic N) is 4. The van der Waals surface area contributed by atoms with Crippen LogP contribution in [-0.2, 0) is 4.79 Å². The van der Waals surface area contributed by atoms with Gasteiger partial charge in [-0.3, -0.25) is 9.78 Å². The van der Waals surface area contributed by atoms with Gasteiger partial charge in [-0.2, -0.15) is 0 Å². The van der Waals surface area contributed by atoms with Crippen molar-refractivity contribution >= 4 is 28.5 Å². The Morgan fingerprint density at radius 2 is 2.10 bits per heavy atom. The fraction of sp³-hybridized carbons (Fsp3) is 0.227. The summed E-state index contributed by atoms with van der Waals surface area (Å²) in [6.07, 6.45) is 8.94. The molecule has 0 saturated carbocycles. The van der Waals surface area contributed by atoms with Gasteiger partial charge in [-0.05, 0) is 42.3 Å². The molecule has 1 saturated heterocycles. The van der Waals surface area contributed by atoms with Gasteiger partial charge in [0.1, 0.15) is 5.75 Å². The maximum atomic E-state index is 14.4. The first kappa shape index (κ1) is 20.0. The van der Waals surface area contributed by atoms with Gasteiger partial charge >= 0.3 is 0 Å². The van der Waals surface area contributed by atoms with E-state index >= 15 is 0 Å². The predicted octanol–water partition coefficient (Wildman–Crippen LogP) is 4.22. The van der Waals surface area contributed by atoms with Crippen LogP contribution in [0.1, 0.15) is 12.0 Å². The van der Waals surface area contributed by atoms with Crippen molar-refractivity contribution in [3.63, 3.8) is 0 Å². The van der Waals surface area contributed by atoms with Gasteiger partial charge in [-0.15, -0.1) is 11.3 Å². The summed E-state index contributed by atoms with van der Waals surface area (Å²) in [5, 5.41) is 2.95. The Morgan fingerprint density at radius 1 is 1.17 bits per heavy atom. The number of aromatic nitrogens is 2. The summed E-state index contributed by atoms with van der Waals surface area (Å²) < 4.78 is 19.9. The average Bonchev–Trinajstić information content (AvgIpc) is 3.19. The van der Waals surface area contributed by atoms with Crippen LogP contribution in [0.4, 0.5) is 9.52 Å². The molecule has 0 N–H and O–H groups in total. The van der Waals surface area contributed by atoms with Crippen molar-refractivity contribution in [2.75, 3.05) is 31.1 Å². The van der Waals surface area contributed by atoms with Gasteiger partial charge in [0.15, 0.2) is 16.7 Å². The van der Waals surface area contributed by atoms with Crippen LogP contribution in [0.25, 0.3) is 6.08 Å². The largest absolute Gasteiger partial charge is 0.453 e. The second-order valence-electron chi connectivity index (χ2n) is 6.79. The van der Waals surface area contributed by atoms with Crippen molar-refractivity contribution in [3.05, 3.63) is 71.8 Å². The topological polar surface area (TPSA) is 58.6 Å². The molecule has 3 aromatic rings. The smallest absolute Gasteiger partial charge is 0.246 e. The van der Waals surface area contributed by atoms with Crippen LogP contribution in [0.5, 0.6) is 11.5 Å². The highest BCUT2D eigenvalue weighted by Crippen LogP contribution is 2.25. The molecule has 0 aliphatic carbocycles. The van der Waals surface area contributed by atoms with Gasteiger partial charge in [0, 0.05) is 50.0 Å². The number of carbonyl (C=O) groups is 1. The second kappa shape index (κ2) is 9.49. The predicted molar refractivity (Wildman–Crippen MR) is 115 cm³/mol. The lowest BCUT2D eigenvalue weighted by molar-refractivity contribution is -0.125. The number of pyridine rings is 1. The maximum Gasteiger partial charge on any atom is 0.246 e. The minimum absolute atomic E-state index is 0.0768. The summed E-state index contributed by atoms with van der Waals surface area (Å²) in [7, 11) is 0. The Hall–Kier alpha value is -3.26. The quantitative estimate of drug-likeness (QED) is 0.574. The molecule has 1 aromatic carbocycles. The van der Waals surface area contributed by atoms with Crippen molar-refractivity contribution in [3.8, 4) is 11.5 Å². The molecule has 2 aromatic heterocycles. The van der Waals surface area contributed by atoms with Crippen molar-refractivity contribution in [1.82, 2.24) is 14.9 Å². The molecule has 8 heteroatoms. The van der Waals surface area contributed by atoms with Gasteiger partial charge in [0.05, 0.1) is 6.20 Å². The number of amides is 1. The van der Waals surface area contributed by atoms with Crippen molar-refractivity contribution in [1.29, 1.82) is 0 Å². The minimum atomic E-state index is -0.498. The average molecular weight is 425 g/mol. The standard InChI is InChI=1S/C22H21FN4O2S/c23-19-15-17(4-6-20(19)29-18-3-1-8-24-16-18)5-7-21(28)26-10-2-11-27(13-12-26)22-25-9-14-30-22/h1,3-9,14-16H,2,10-13H2/b7-5+. The molecule has 0 spiro atoms. The summed E-state index contributed by atoms with van der Waals surface area (Å²) in [4.78, 5) is 24.9. The first-order valence-corrected chi connectivity index (χ1v) is 10.6. The van der Waals surface area contributed by atoms with Crippen LogP contribution in [0.3, 0.4) is 0 Å². The normalized spacial score (nSPS) is 14.7. The van der Waals surface area contributed by atoms with E-state index in [9.17, 15) is 9.18 Å². The molecule has 30 heavy (non-hydrogen) atoms. The SMILES string of the molecule is O=C(/C=C/c1ccc(Oc2cccnc2)c(F)c1)N1CCCN(c2nccs2)CC1. The molecule has 1 aliphatic heterocycles. The number of ether oxygens (including phenoxy) is 1. The molecular formula is C22H21FN4O2S. The van der Waals surface area contributed by atoms with Crippen LogP contribution >= 0.6 is 11.3 Å². The van der Waals surface area contributed by atoms with Gasteiger partial charge in [-0.1, -0.05) is 6.07 Å². The number of carbonyl (C=O) groups excluding carboxylic acids is 1. The number of hydrogen-bond acceptors (Lipinski definition) is 6. The summed E-state index contributed by atoms with van der Waals surface area (Å²) >= 11 is 1.61. The Labute approximate surface area is 178 Å². The maximum absolute atomic E-state index is 14.4. The first-order chi connectivity index (χ1) is 14.7. The third kappa shape index (κ3) is 5.01. The molecule has 6 nitrogen and oxygen atoms in total. The fourth-order valence-corrected chi connectivity index (χ4v) is 3.91. The molecule has 0 bridgehead atoms. The van der Waals surface area contributed by atoms with E-state index in [1.54, 1.807) is 54.1 Å². The molecular weight excluding hydrogens is 403 g/mol. The molecule has 1 fully saturated rings. The highest BCUT2D eigenvalue weighted by Gasteiger charge is 2.19. The van der Waals surface area contributed by atoms with Crippen LogP contribution in [0, 0.1) is 5.82 Å². The van der Waals surface area contributed by atoms with E-state index in [2.05, 4.69) is 14.9 Å².